The van der Waals surface area contributed by atoms with Gasteiger partial charge in [0.25, 0.3) is 0 Å². The van der Waals surface area contributed by atoms with Gasteiger partial charge in [-0.2, -0.15) is 0 Å². The molecule has 6 rings (SSSR count). The standard InChI is InChI=1S/C31H33NO9/c1-17(38-29(36)26(39-18(2)34)19-7-5-4-6-8-19)28(35)40-22-11-12-31(37)23-15-20-9-10-21(16-33)25-24(20)30(31,27(22)41-25)13-14-32(23)3/h4-11,17,23,26-27,33,37H,12-16H2,1-3H3/t17-,23+,26-,27?,30?,31+/m0/s1. The van der Waals surface area contributed by atoms with E-state index in [0.717, 1.165) is 11.1 Å². The van der Waals surface area contributed by atoms with Crippen LogP contribution in [0.5, 0.6) is 5.75 Å². The van der Waals surface area contributed by atoms with Crippen LogP contribution in [0.2, 0.25) is 0 Å². The summed E-state index contributed by atoms with van der Waals surface area (Å²) in [7, 11) is 2.00. The van der Waals surface area contributed by atoms with E-state index in [4.69, 9.17) is 18.9 Å². The Hall–Kier alpha value is -3.73. The molecule has 4 aliphatic rings. The van der Waals surface area contributed by atoms with Crippen molar-refractivity contribution in [2.75, 3.05) is 13.6 Å². The van der Waals surface area contributed by atoms with Gasteiger partial charge >= 0.3 is 17.9 Å². The van der Waals surface area contributed by atoms with Crippen molar-refractivity contribution in [3.8, 4) is 5.75 Å². The molecule has 0 saturated carbocycles. The van der Waals surface area contributed by atoms with Gasteiger partial charge in [0.1, 0.15) is 11.5 Å². The molecule has 2 unspecified atom stereocenters. The number of carbonyl (C=O) groups excluding carboxylic acids is 3. The minimum absolute atomic E-state index is 0.162. The Morgan fingerprint density at radius 3 is 2.59 bits per heavy atom. The number of likely N-dealkylation sites (tertiary alicyclic amines) is 1. The average molecular weight is 564 g/mol. The van der Waals surface area contributed by atoms with Gasteiger partial charge in [0.2, 0.25) is 6.10 Å². The Labute approximate surface area is 237 Å². The molecule has 216 valence electrons. The summed E-state index contributed by atoms with van der Waals surface area (Å²) in [4.78, 5) is 40.1. The van der Waals surface area contributed by atoms with Crippen molar-refractivity contribution in [2.45, 2.75) is 75.1 Å². The van der Waals surface area contributed by atoms with Crippen LogP contribution in [0.1, 0.15) is 55.0 Å². The van der Waals surface area contributed by atoms with E-state index in [1.54, 1.807) is 36.4 Å². The zero-order valence-electron chi connectivity index (χ0n) is 23.2. The van der Waals surface area contributed by atoms with Crippen LogP contribution in [0, 0.1) is 0 Å². The highest BCUT2D eigenvalue weighted by molar-refractivity contribution is 5.84. The van der Waals surface area contributed by atoms with Crippen LogP contribution in [0.3, 0.4) is 0 Å². The molecular formula is C31H33NO9. The number of likely N-dealkylation sites (N-methyl/N-ethyl adjacent to an activating group) is 1. The van der Waals surface area contributed by atoms with E-state index >= 15 is 0 Å². The molecule has 2 heterocycles. The Balaban J connectivity index is 1.27. The van der Waals surface area contributed by atoms with Gasteiger partial charge in [0.15, 0.2) is 12.2 Å². The summed E-state index contributed by atoms with van der Waals surface area (Å²) in [6.07, 6.45) is -0.340. The van der Waals surface area contributed by atoms with Crippen LogP contribution in [-0.4, -0.2) is 70.5 Å². The number of aliphatic hydroxyl groups is 2. The number of hydrogen-bond donors (Lipinski definition) is 2. The highest BCUT2D eigenvalue weighted by atomic mass is 16.6. The lowest BCUT2D eigenvalue weighted by molar-refractivity contribution is -0.180. The average Bonchev–Trinajstić information content (AvgIpc) is 3.31. The van der Waals surface area contributed by atoms with Crippen LogP contribution in [0.4, 0.5) is 0 Å². The van der Waals surface area contributed by atoms with E-state index in [1.807, 2.05) is 19.2 Å². The molecule has 2 N–H and O–H groups in total. The van der Waals surface area contributed by atoms with Crippen LogP contribution in [-0.2, 0) is 47.0 Å². The van der Waals surface area contributed by atoms with Gasteiger partial charge in [0.05, 0.1) is 17.6 Å². The smallest absolute Gasteiger partial charge is 0.353 e. The third-order valence-corrected chi connectivity index (χ3v) is 9.07. The minimum atomic E-state index is -1.34. The number of carbonyl (C=O) groups is 3. The molecule has 10 nitrogen and oxygen atoms in total. The lowest BCUT2D eigenvalue weighted by Crippen LogP contribution is -2.74. The summed E-state index contributed by atoms with van der Waals surface area (Å²) < 4.78 is 22.9. The number of hydrogen-bond acceptors (Lipinski definition) is 10. The minimum Gasteiger partial charge on any atom is -0.481 e. The van der Waals surface area contributed by atoms with Crippen LogP contribution < -0.4 is 4.74 Å². The first-order valence-corrected chi connectivity index (χ1v) is 13.8. The Morgan fingerprint density at radius 2 is 1.88 bits per heavy atom. The zero-order valence-corrected chi connectivity index (χ0v) is 23.2. The Morgan fingerprint density at radius 1 is 1.12 bits per heavy atom. The fourth-order valence-electron chi connectivity index (χ4n) is 7.16. The Bertz CT molecular complexity index is 1440. The third kappa shape index (κ3) is 4.07. The largest absolute Gasteiger partial charge is 0.481 e. The predicted octanol–water partition coefficient (Wildman–Crippen LogP) is 2.24. The maximum Gasteiger partial charge on any atom is 0.353 e. The second-order valence-corrected chi connectivity index (χ2v) is 11.3. The summed E-state index contributed by atoms with van der Waals surface area (Å²) >= 11 is 0. The maximum absolute atomic E-state index is 13.3. The van der Waals surface area contributed by atoms with E-state index in [1.165, 1.54) is 13.8 Å². The van der Waals surface area contributed by atoms with E-state index < -0.39 is 47.2 Å². The third-order valence-electron chi connectivity index (χ3n) is 9.07. The molecule has 0 amide bonds. The molecule has 6 atom stereocenters. The zero-order chi connectivity index (χ0) is 29.1. The van der Waals surface area contributed by atoms with Crippen molar-refractivity contribution in [3.63, 3.8) is 0 Å². The van der Waals surface area contributed by atoms with Crippen molar-refractivity contribution in [3.05, 3.63) is 76.6 Å². The number of rotatable bonds is 7. The van der Waals surface area contributed by atoms with E-state index in [2.05, 4.69) is 4.90 Å². The van der Waals surface area contributed by atoms with Crippen molar-refractivity contribution in [1.29, 1.82) is 0 Å². The van der Waals surface area contributed by atoms with E-state index in [-0.39, 0.29) is 24.8 Å². The van der Waals surface area contributed by atoms with Crippen LogP contribution in [0.25, 0.3) is 0 Å². The van der Waals surface area contributed by atoms with Gasteiger partial charge in [-0.3, -0.25) is 4.79 Å². The quantitative estimate of drug-likeness (QED) is 0.382. The van der Waals surface area contributed by atoms with Crippen molar-refractivity contribution in [1.82, 2.24) is 4.90 Å². The molecule has 0 aromatic heterocycles. The van der Waals surface area contributed by atoms with Gasteiger partial charge in [-0.05, 0) is 45.0 Å². The lowest BCUT2D eigenvalue weighted by Gasteiger charge is -2.61. The second-order valence-electron chi connectivity index (χ2n) is 11.3. The van der Waals surface area contributed by atoms with Crippen molar-refractivity contribution in [2.24, 2.45) is 0 Å². The van der Waals surface area contributed by atoms with E-state index in [0.29, 0.717) is 36.3 Å². The monoisotopic (exact) mass is 563 g/mol. The molecular weight excluding hydrogens is 530 g/mol. The number of esters is 3. The number of aliphatic hydroxyl groups excluding tert-OH is 1. The number of piperidine rings is 1. The summed E-state index contributed by atoms with van der Waals surface area (Å²) in [5.41, 5.74) is 0.914. The van der Waals surface area contributed by atoms with Crippen molar-refractivity contribution >= 4 is 17.9 Å². The number of nitrogens with zero attached hydrogens (tertiary/aromatic N) is 1. The summed E-state index contributed by atoms with van der Waals surface area (Å²) in [5, 5.41) is 22.3. The molecule has 2 aliphatic heterocycles. The van der Waals surface area contributed by atoms with Crippen LogP contribution in [0.15, 0.2) is 54.3 Å². The summed E-state index contributed by atoms with van der Waals surface area (Å²) in [6.45, 7) is 3.04. The molecule has 0 radical (unpaired) electrons. The maximum atomic E-state index is 13.3. The predicted molar refractivity (Wildman–Crippen MR) is 143 cm³/mol. The first kappa shape index (κ1) is 27.4. The van der Waals surface area contributed by atoms with Gasteiger partial charge in [-0.25, -0.2) is 9.59 Å². The lowest BCUT2D eigenvalue weighted by atomic mass is 9.50. The van der Waals surface area contributed by atoms with Gasteiger partial charge in [-0.15, -0.1) is 0 Å². The number of benzene rings is 2. The molecule has 2 aliphatic carbocycles. The topological polar surface area (TPSA) is 132 Å². The molecule has 10 heteroatoms. The van der Waals surface area contributed by atoms with E-state index in [9.17, 15) is 24.6 Å². The van der Waals surface area contributed by atoms with Crippen LogP contribution >= 0.6 is 0 Å². The SMILES string of the molecule is CC(=O)O[C@H](C(=O)O[C@@H](C)C(=O)OC1=CC[C@@]2(O)[C@H]3Cc4ccc(CO)c5c4C2(CCN3C)C1O5)c1ccccc1. The molecule has 2 aromatic carbocycles. The first-order valence-electron chi connectivity index (χ1n) is 13.8. The normalized spacial score (nSPS) is 28.9. The summed E-state index contributed by atoms with van der Waals surface area (Å²) in [6, 6.07) is 12.0. The fourth-order valence-corrected chi connectivity index (χ4v) is 7.16. The van der Waals surface area contributed by atoms with Crippen molar-refractivity contribution < 1.29 is 43.5 Å². The molecule has 2 aromatic rings. The van der Waals surface area contributed by atoms with Gasteiger partial charge in [0, 0.05) is 36.1 Å². The van der Waals surface area contributed by atoms with Gasteiger partial charge in [-0.1, -0.05) is 42.5 Å². The number of ether oxygens (including phenoxy) is 4. The molecule has 1 fully saturated rings. The molecule has 41 heavy (non-hydrogen) atoms. The fraction of sp³-hybridized carbons (Fsp3) is 0.452. The highest BCUT2D eigenvalue weighted by Gasteiger charge is 2.71. The molecule has 2 bridgehead atoms. The summed E-state index contributed by atoms with van der Waals surface area (Å²) in [5.74, 6) is -1.64. The molecule has 1 spiro atoms. The van der Waals surface area contributed by atoms with Gasteiger partial charge < -0.3 is 34.1 Å². The second kappa shape index (κ2) is 9.97. The first-order chi connectivity index (χ1) is 19.6. The highest BCUT2D eigenvalue weighted by Crippen LogP contribution is 2.64. The Kier molecular flexibility index (Phi) is 6.67. The molecule has 1 saturated heterocycles.